The van der Waals surface area contributed by atoms with E-state index in [2.05, 4.69) is 23.0 Å². The van der Waals surface area contributed by atoms with Crippen molar-refractivity contribution in [3.8, 4) is 0 Å². The summed E-state index contributed by atoms with van der Waals surface area (Å²) in [5.74, 6) is 0. The number of carbonyl (C=O) groups excluding carboxylic acids is 1. The van der Waals surface area contributed by atoms with Crippen LogP contribution in [-0.2, 0) is 17.7 Å². The van der Waals surface area contributed by atoms with Crippen molar-refractivity contribution in [2.75, 3.05) is 7.11 Å². The molecule has 0 heterocycles. The highest BCUT2D eigenvalue weighted by atomic mass is 16.5. The zero-order valence-electron chi connectivity index (χ0n) is 8.54. The van der Waals surface area contributed by atoms with Crippen LogP contribution < -0.4 is 5.32 Å². The third kappa shape index (κ3) is 2.76. The Morgan fingerprint density at radius 3 is 2.57 bits per heavy atom. The number of nitrogens with one attached hydrogen (secondary N) is 1. The highest BCUT2D eigenvalue weighted by Crippen LogP contribution is 2.08. The number of rotatable bonds is 3. The van der Waals surface area contributed by atoms with Crippen LogP contribution in [0.1, 0.15) is 18.1 Å². The summed E-state index contributed by atoms with van der Waals surface area (Å²) < 4.78 is 4.50. The third-order valence-electron chi connectivity index (χ3n) is 2.11. The van der Waals surface area contributed by atoms with Gasteiger partial charge in [-0.25, -0.2) is 4.79 Å². The van der Waals surface area contributed by atoms with Crippen molar-refractivity contribution in [2.45, 2.75) is 19.9 Å². The van der Waals surface area contributed by atoms with Crippen LogP contribution in [-0.4, -0.2) is 13.2 Å². The number of carbonyl (C=O) groups is 1. The van der Waals surface area contributed by atoms with Gasteiger partial charge >= 0.3 is 6.09 Å². The molecular formula is C11H15NO2. The number of ether oxygens (including phenoxy) is 1. The molecule has 0 aliphatic rings. The summed E-state index contributed by atoms with van der Waals surface area (Å²) in [5, 5.41) is 2.66. The molecule has 1 amide bonds. The van der Waals surface area contributed by atoms with Gasteiger partial charge in [0.15, 0.2) is 0 Å². The summed E-state index contributed by atoms with van der Waals surface area (Å²) >= 11 is 0. The van der Waals surface area contributed by atoms with Crippen LogP contribution >= 0.6 is 0 Å². The van der Waals surface area contributed by atoms with Crippen LogP contribution in [0.5, 0.6) is 0 Å². The maximum absolute atomic E-state index is 10.9. The van der Waals surface area contributed by atoms with Gasteiger partial charge in [-0.05, 0) is 17.5 Å². The normalized spacial score (nSPS) is 9.57. The number of benzene rings is 1. The maximum atomic E-state index is 10.9. The second kappa shape index (κ2) is 5.27. The third-order valence-corrected chi connectivity index (χ3v) is 2.11. The Bertz CT molecular complexity index is 310. The molecule has 14 heavy (non-hydrogen) atoms. The van der Waals surface area contributed by atoms with Gasteiger partial charge in [0.25, 0.3) is 0 Å². The van der Waals surface area contributed by atoms with Crippen LogP contribution in [0.4, 0.5) is 4.79 Å². The monoisotopic (exact) mass is 193 g/mol. The molecule has 0 aliphatic carbocycles. The van der Waals surface area contributed by atoms with E-state index in [1.807, 2.05) is 18.2 Å². The molecule has 0 saturated carbocycles. The number of aryl methyl sites for hydroxylation is 1. The Balaban J connectivity index is 2.61. The van der Waals surface area contributed by atoms with Crippen molar-refractivity contribution < 1.29 is 9.53 Å². The van der Waals surface area contributed by atoms with Crippen LogP contribution in [0.15, 0.2) is 24.3 Å². The molecule has 0 spiro atoms. The lowest BCUT2D eigenvalue weighted by molar-refractivity contribution is 0.170. The van der Waals surface area contributed by atoms with Crippen molar-refractivity contribution in [3.63, 3.8) is 0 Å². The number of hydrogen-bond donors (Lipinski definition) is 1. The van der Waals surface area contributed by atoms with Crippen molar-refractivity contribution >= 4 is 6.09 Å². The molecule has 1 aromatic carbocycles. The molecule has 3 nitrogen and oxygen atoms in total. The molecule has 0 unspecified atom stereocenters. The Morgan fingerprint density at radius 1 is 1.36 bits per heavy atom. The lowest BCUT2D eigenvalue weighted by Crippen LogP contribution is -2.22. The minimum absolute atomic E-state index is 0.393. The van der Waals surface area contributed by atoms with Gasteiger partial charge in [0.05, 0.1) is 7.11 Å². The van der Waals surface area contributed by atoms with E-state index in [0.29, 0.717) is 6.54 Å². The molecule has 1 aromatic rings. The minimum Gasteiger partial charge on any atom is -0.453 e. The van der Waals surface area contributed by atoms with E-state index in [1.54, 1.807) is 0 Å². The maximum Gasteiger partial charge on any atom is 0.407 e. The van der Waals surface area contributed by atoms with Crippen molar-refractivity contribution in [1.82, 2.24) is 5.32 Å². The molecule has 1 rings (SSSR count). The first-order valence-electron chi connectivity index (χ1n) is 4.66. The van der Waals surface area contributed by atoms with Gasteiger partial charge < -0.3 is 10.1 Å². The van der Waals surface area contributed by atoms with E-state index in [0.717, 1.165) is 12.0 Å². The molecule has 0 saturated heterocycles. The topological polar surface area (TPSA) is 38.3 Å². The summed E-state index contributed by atoms with van der Waals surface area (Å²) in [4.78, 5) is 10.9. The highest BCUT2D eigenvalue weighted by Gasteiger charge is 2.01. The van der Waals surface area contributed by atoms with Crippen molar-refractivity contribution in [1.29, 1.82) is 0 Å². The standard InChI is InChI=1S/C11H15NO2/c1-3-9-6-4-5-7-10(9)8-12-11(13)14-2/h4-7H,3,8H2,1-2H3,(H,12,13). The summed E-state index contributed by atoms with van der Waals surface area (Å²) in [6.45, 7) is 2.62. The molecular weight excluding hydrogens is 178 g/mol. The molecule has 1 N–H and O–H groups in total. The minimum atomic E-state index is -0.393. The molecule has 76 valence electrons. The van der Waals surface area contributed by atoms with Gasteiger partial charge in [-0.3, -0.25) is 0 Å². The van der Waals surface area contributed by atoms with Crippen LogP contribution in [0.2, 0.25) is 0 Å². The SMILES string of the molecule is CCc1ccccc1CNC(=O)OC. The Labute approximate surface area is 84.1 Å². The van der Waals surface area contributed by atoms with Crippen LogP contribution in [0.25, 0.3) is 0 Å². The fraction of sp³-hybridized carbons (Fsp3) is 0.364. The van der Waals surface area contributed by atoms with Gasteiger partial charge in [-0.15, -0.1) is 0 Å². The van der Waals surface area contributed by atoms with E-state index in [1.165, 1.54) is 12.7 Å². The summed E-state index contributed by atoms with van der Waals surface area (Å²) in [5.41, 5.74) is 2.39. The summed E-state index contributed by atoms with van der Waals surface area (Å²) in [6.07, 6.45) is 0.579. The van der Waals surface area contributed by atoms with E-state index < -0.39 is 6.09 Å². The predicted octanol–water partition coefficient (Wildman–Crippen LogP) is 2.10. The molecule has 0 aliphatic heterocycles. The Kier molecular flexibility index (Phi) is 3.98. The van der Waals surface area contributed by atoms with Gasteiger partial charge in [-0.1, -0.05) is 31.2 Å². The fourth-order valence-corrected chi connectivity index (χ4v) is 1.31. The Hall–Kier alpha value is -1.51. The number of hydrogen-bond acceptors (Lipinski definition) is 2. The lowest BCUT2D eigenvalue weighted by Gasteiger charge is -2.07. The zero-order valence-corrected chi connectivity index (χ0v) is 8.54. The van der Waals surface area contributed by atoms with E-state index >= 15 is 0 Å². The number of alkyl carbamates (subject to hydrolysis) is 1. The van der Waals surface area contributed by atoms with Gasteiger partial charge in [0.1, 0.15) is 0 Å². The quantitative estimate of drug-likeness (QED) is 0.798. The lowest BCUT2D eigenvalue weighted by atomic mass is 10.1. The van der Waals surface area contributed by atoms with E-state index in [-0.39, 0.29) is 0 Å². The second-order valence-corrected chi connectivity index (χ2v) is 2.97. The summed E-state index contributed by atoms with van der Waals surface area (Å²) in [6, 6.07) is 8.04. The van der Waals surface area contributed by atoms with E-state index in [9.17, 15) is 4.79 Å². The highest BCUT2D eigenvalue weighted by molar-refractivity contribution is 5.66. The average Bonchev–Trinajstić information content (AvgIpc) is 2.26. The van der Waals surface area contributed by atoms with Gasteiger partial charge in [-0.2, -0.15) is 0 Å². The number of amides is 1. The van der Waals surface area contributed by atoms with Crippen LogP contribution in [0.3, 0.4) is 0 Å². The van der Waals surface area contributed by atoms with Crippen molar-refractivity contribution in [2.24, 2.45) is 0 Å². The van der Waals surface area contributed by atoms with Crippen molar-refractivity contribution in [3.05, 3.63) is 35.4 Å². The van der Waals surface area contributed by atoms with Crippen LogP contribution in [0, 0.1) is 0 Å². The first-order valence-corrected chi connectivity index (χ1v) is 4.66. The molecule has 0 bridgehead atoms. The molecule has 0 fully saturated rings. The molecule has 0 atom stereocenters. The zero-order chi connectivity index (χ0) is 10.4. The molecule has 0 radical (unpaired) electrons. The van der Waals surface area contributed by atoms with Gasteiger partial charge in [0.2, 0.25) is 0 Å². The largest absolute Gasteiger partial charge is 0.453 e. The number of methoxy groups -OCH3 is 1. The molecule has 3 heteroatoms. The predicted molar refractivity (Wildman–Crippen MR) is 55.1 cm³/mol. The Morgan fingerprint density at radius 2 is 2.00 bits per heavy atom. The fourth-order valence-electron chi connectivity index (χ4n) is 1.31. The van der Waals surface area contributed by atoms with E-state index in [4.69, 9.17) is 0 Å². The average molecular weight is 193 g/mol. The van der Waals surface area contributed by atoms with Gasteiger partial charge in [0, 0.05) is 6.54 Å². The summed E-state index contributed by atoms with van der Waals surface area (Å²) in [7, 11) is 1.36. The molecule has 0 aromatic heterocycles. The first-order chi connectivity index (χ1) is 6.77. The first kappa shape index (κ1) is 10.6. The smallest absolute Gasteiger partial charge is 0.407 e. The second-order valence-electron chi connectivity index (χ2n) is 2.97.